The number of rotatable bonds is 13. The van der Waals surface area contributed by atoms with Crippen molar-refractivity contribution >= 4 is 0 Å². The summed E-state index contributed by atoms with van der Waals surface area (Å²) in [5, 5.41) is 0. The summed E-state index contributed by atoms with van der Waals surface area (Å²) in [5.74, 6) is 0. The van der Waals surface area contributed by atoms with Crippen LogP contribution in [-0.2, 0) is 14.2 Å². The molecule has 0 aliphatic carbocycles. The maximum absolute atomic E-state index is 5.51. The molecular weight excluding hydrogens is 230 g/mol. The first-order valence-corrected chi connectivity index (χ1v) is 7.33. The van der Waals surface area contributed by atoms with Gasteiger partial charge in [-0.2, -0.15) is 0 Å². The van der Waals surface area contributed by atoms with Gasteiger partial charge in [0.1, 0.15) is 19.6 Å². The van der Waals surface area contributed by atoms with Crippen LogP contribution in [0.5, 0.6) is 0 Å². The summed E-state index contributed by atoms with van der Waals surface area (Å²) in [4.78, 5) is 0. The first kappa shape index (κ1) is 17.8. The maximum Gasteiger partial charge on any atom is 0.103 e. The normalized spacial score (nSPS) is 12.0. The van der Waals surface area contributed by atoms with Crippen molar-refractivity contribution in [2.75, 3.05) is 65.8 Å². The van der Waals surface area contributed by atoms with E-state index in [1.54, 1.807) is 0 Å². The summed E-state index contributed by atoms with van der Waals surface area (Å²) in [6.07, 6.45) is 0. The molecule has 0 aromatic rings. The quantitative estimate of drug-likeness (QED) is 0.375. The second-order valence-corrected chi connectivity index (χ2v) is 4.42. The lowest BCUT2D eigenvalue weighted by molar-refractivity contribution is -0.927. The minimum Gasteiger partial charge on any atom is -0.376 e. The molecule has 4 heteroatoms. The molecule has 0 fully saturated rings. The van der Waals surface area contributed by atoms with Crippen LogP contribution in [-0.4, -0.2) is 70.3 Å². The number of hydrogen-bond acceptors (Lipinski definition) is 3. The molecule has 0 saturated heterocycles. The lowest BCUT2D eigenvalue weighted by Gasteiger charge is -2.37. The van der Waals surface area contributed by atoms with Crippen molar-refractivity contribution in [3.63, 3.8) is 0 Å². The molecule has 0 N–H and O–H groups in total. The molecule has 0 heterocycles. The molecular formula is C14H32NO3+. The average Bonchev–Trinajstić information content (AvgIpc) is 2.39. The van der Waals surface area contributed by atoms with E-state index in [0.717, 1.165) is 70.3 Å². The number of hydrogen-bond donors (Lipinski definition) is 0. The van der Waals surface area contributed by atoms with Crippen molar-refractivity contribution in [2.24, 2.45) is 0 Å². The second-order valence-electron chi connectivity index (χ2n) is 4.42. The van der Waals surface area contributed by atoms with Gasteiger partial charge >= 0.3 is 0 Å². The number of likely N-dealkylation sites (N-methyl/N-ethyl adjacent to an activating group) is 1. The molecule has 0 rings (SSSR count). The molecule has 0 radical (unpaired) electrons. The van der Waals surface area contributed by atoms with E-state index in [1.165, 1.54) is 0 Å². The van der Waals surface area contributed by atoms with E-state index in [-0.39, 0.29) is 0 Å². The summed E-state index contributed by atoms with van der Waals surface area (Å²) < 4.78 is 17.5. The SMILES string of the molecule is CCOCC[N+](CC)(CCOCC)CCOCC. The van der Waals surface area contributed by atoms with Gasteiger partial charge in [0.2, 0.25) is 0 Å². The largest absolute Gasteiger partial charge is 0.376 e. The third kappa shape index (κ3) is 8.03. The van der Waals surface area contributed by atoms with Crippen molar-refractivity contribution in [3.05, 3.63) is 0 Å². The van der Waals surface area contributed by atoms with E-state index in [1.807, 2.05) is 20.8 Å². The van der Waals surface area contributed by atoms with E-state index in [0.29, 0.717) is 0 Å². The summed E-state index contributed by atoms with van der Waals surface area (Å²) >= 11 is 0. The Bertz CT molecular complexity index is 150. The molecule has 0 aromatic carbocycles. The Balaban J connectivity index is 4.20. The Kier molecular flexibility index (Phi) is 11.8. The van der Waals surface area contributed by atoms with Crippen LogP contribution in [0.3, 0.4) is 0 Å². The molecule has 0 amide bonds. The highest BCUT2D eigenvalue weighted by Crippen LogP contribution is 2.07. The van der Waals surface area contributed by atoms with Gasteiger partial charge in [-0.15, -0.1) is 0 Å². The van der Waals surface area contributed by atoms with Gasteiger partial charge in [-0.05, 0) is 27.7 Å². The molecule has 0 unspecified atom stereocenters. The fourth-order valence-corrected chi connectivity index (χ4v) is 2.02. The average molecular weight is 262 g/mol. The van der Waals surface area contributed by atoms with Crippen molar-refractivity contribution in [2.45, 2.75) is 27.7 Å². The molecule has 0 aliphatic rings. The molecule has 0 spiro atoms. The van der Waals surface area contributed by atoms with Crippen LogP contribution < -0.4 is 0 Å². The van der Waals surface area contributed by atoms with Crippen LogP contribution in [0.25, 0.3) is 0 Å². The van der Waals surface area contributed by atoms with Crippen LogP contribution in [0.4, 0.5) is 0 Å². The minimum atomic E-state index is 0.792. The molecule has 0 bridgehead atoms. The monoisotopic (exact) mass is 262 g/mol. The third-order valence-corrected chi connectivity index (χ3v) is 3.41. The fraction of sp³-hybridized carbons (Fsp3) is 1.00. The standard InChI is InChI=1S/C14H32NO3/c1-5-15(9-12-16-6-2,10-13-17-7-3)11-14-18-8-4/h5-14H2,1-4H3/q+1. The Hall–Kier alpha value is -0.160. The van der Waals surface area contributed by atoms with Crippen molar-refractivity contribution in [3.8, 4) is 0 Å². The van der Waals surface area contributed by atoms with Gasteiger partial charge < -0.3 is 18.7 Å². The van der Waals surface area contributed by atoms with E-state index >= 15 is 0 Å². The van der Waals surface area contributed by atoms with Crippen molar-refractivity contribution < 1.29 is 18.7 Å². The first-order chi connectivity index (χ1) is 8.74. The van der Waals surface area contributed by atoms with Gasteiger partial charge in [-0.1, -0.05) is 0 Å². The van der Waals surface area contributed by atoms with Crippen LogP contribution in [0.2, 0.25) is 0 Å². The predicted molar refractivity (Wildman–Crippen MR) is 74.9 cm³/mol. The van der Waals surface area contributed by atoms with Gasteiger partial charge in [0.05, 0.1) is 26.4 Å². The zero-order chi connectivity index (χ0) is 13.7. The second kappa shape index (κ2) is 11.9. The highest BCUT2D eigenvalue weighted by atomic mass is 16.5. The van der Waals surface area contributed by atoms with Gasteiger partial charge in [0.15, 0.2) is 0 Å². The van der Waals surface area contributed by atoms with Crippen LogP contribution >= 0.6 is 0 Å². The maximum atomic E-state index is 5.51. The van der Waals surface area contributed by atoms with Crippen molar-refractivity contribution in [1.82, 2.24) is 0 Å². The molecule has 4 nitrogen and oxygen atoms in total. The lowest BCUT2D eigenvalue weighted by atomic mass is 10.3. The summed E-state index contributed by atoms with van der Waals surface area (Å²) in [6, 6.07) is 0. The number of nitrogens with zero attached hydrogens (tertiary/aromatic N) is 1. The molecule has 0 aliphatic heterocycles. The Morgan fingerprint density at radius 3 is 1.17 bits per heavy atom. The van der Waals surface area contributed by atoms with Crippen molar-refractivity contribution in [1.29, 1.82) is 0 Å². The minimum absolute atomic E-state index is 0.792. The molecule has 110 valence electrons. The summed E-state index contributed by atoms with van der Waals surface area (Å²) in [6.45, 7) is 17.5. The third-order valence-electron chi connectivity index (χ3n) is 3.41. The van der Waals surface area contributed by atoms with Crippen LogP contribution in [0, 0.1) is 0 Å². The molecule has 0 saturated carbocycles. The van der Waals surface area contributed by atoms with E-state index in [2.05, 4.69) is 6.92 Å². The fourth-order valence-electron chi connectivity index (χ4n) is 2.02. The van der Waals surface area contributed by atoms with Gasteiger partial charge in [-0.3, -0.25) is 0 Å². The molecule has 18 heavy (non-hydrogen) atoms. The predicted octanol–water partition coefficient (Wildman–Crippen LogP) is 1.93. The zero-order valence-corrected chi connectivity index (χ0v) is 12.7. The van der Waals surface area contributed by atoms with Crippen LogP contribution in [0.15, 0.2) is 0 Å². The van der Waals surface area contributed by atoms with Gasteiger partial charge in [-0.25, -0.2) is 0 Å². The molecule has 0 atom stereocenters. The summed E-state index contributed by atoms with van der Waals surface area (Å²) in [7, 11) is 0. The topological polar surface area (TPSA) is 27.7 Å². The van der Waals surface area contributed by atoms with Gasteiger partial charge in [0.25, 0.3) is 0 Å². The number of quaternary nitrogens is 1. The van der Waals surface area contributed by atoms with Gasteiger partial charge in [0, 0.05) is 19.8 Å². The Morgan fingerprint density at radius 1 is 0.611 bits per heavy atom. The molecule has 0 aromatic heterocycles. The highest BCUT2D eigenvalue weighted by Gasteiger charge is 2.24. The Morgan fingerprint density at radius 2 is 0.944 bits per heavy atom. The van der Waals surface area contributed by atoms with E-state index < -0.39 is 0 Å². The zero-order valence-electron chi connectivity index (χ0n) is 12.7. The lowest BCUT2D eigenvalue weighted by Crippen LogP contribution is -2.53. The summed E-state index contributed by atoms with van der Waals surface area (Å²) in [5.41, 5.74) is 0. The smallest absolute Gasteiger partial charge is 0.103 e. The van der Waals surface area contributed by atoms with E-state index in [9.17, 15) is 0 Å². The number of ether oxygens (including phenoxy) is 3. The van der Waals surface area contributed by atoms with E-state index in [4.69, 9.17) is 14.2 Å². The Labute approximate surface area is 113 Å². The van der Waals surface area contributed by atoms with Crippen LogP contribution in [0.1, 0.15) is 27.7 Å². The highest BCUT2D eigenvalue weighted by molar-refractivity contribution is 4.45. The first-order valence-electron chi connectivity index (χ1n) is 7.33.